The molecule has 276 valence electrons. The Morgan fingerprint density at radius 3 is 2.39 bits per heavy atom. The first-order valence-corrected chi connectivity index (χ1v) is 19.5. The summed E-state index contributed by atoms with van der Waals surface area (Å²) in [7, 11) is 0. The van der Waals surface area contributed by atoms with Crippen LogP contribution >= 0.6 is 0 Å². The van der Waals surface area contributed by atoms with Crippen molar-refractivity contribution in [2.24, 2.45) is 5.92 Å². The first-order chi connectivity index (χ1) is 26.4. The number of imide groups is 1. The Bertz CT molecular complexity index is 2220. The predicted molar refractivity (Wildman–Crippen MR) is 206 cm³/mol. The van der Waals surface area contributed by atoms with E-state index in [-0.39, 0.29) is 23.9 Å². The number of nitrogens with one attached hydrogen (secondary N) is 1. The second-order valence-electron chi connectivity index (χ2n) is 15.8. The van der Waals surface area contributed by atoms with Crippen molar-refractivity contribution in [3.63, 3.8) is 0 Å². The number of aromatic nitrogens is 4. The van der Waals surface area contributed by atoms with Crippen LogP contribution in [0.4, 0.5) is 11.5 Å². The second kappa shape index (κ2) is 13.5. The van der Waals surface area contributed by atoms with E-state index in [2.05, 4.69) is 52.9 Å². The molecule has 1 unspecified atom stereocenters. The van der Waals surface area contributed by atoms with E-state index in [0.29, 0.717) is 36.7 Å². The van der Waals surface area contributed by atoms with Gasteiger partial charge < -0.3 is 15.4 Å². The van der Waals surface area contributed by atoms with Gasteiger partial charge in [0.2, 0.25) is 11.8 Å². The van der Waals surface area contributed by atoms with Crippen LogP contribution in [0.25, 0.3) is 22.3 Å². The van der Waals surface area contributed by atoms with Crippen molar-refractivity contribution in [1.82, 2.24) is 34.9 Å². The lowest BCUT2D eigenvalue weighted by Crippen LogP contribution is -2.50. The SMILES string of the molecule is Nc1ncnc2c1c(-c1ccc(Oc3ccccc3)cc1)nn2C1CCC(CN2C[C@@H]3C[C@H]2CN3c2ccc3c(c2)CN(C2CCC(=O)NC2=O)C3)CC1. The maximum atomic E-state index is 12.5. The highest BCUT2D eigenvalue weighted by molar-refractivity contribution is 6.00. The first-order valence-electron chi connectivity index (χ1n) is 19.5. The van der Waals surface area contributed by atoms with Crippen LogP contribution in [0.3, 0.4) is 0 Å². The zero-order valence-electron chi connectivity index (χ0n) is 30.3. The predicted octanol–water partition coefficient (Wildman–Crippen LogP) is 5.68. The molecule has 2 bridgehead atoms. The zero-order valence-corrected chi connectivity index (χ0v) is 30.3. The van der Waals surface area contributed by atoms with E-state index < -0.39 is 0 Å². The molecule has 1 aliphatic carbocycles. The van der Waals surface area contributed by atoms with Crippen molar-refractivity contribution in [1.29, 1.82) is 0 Å². The van der Waals surface area contributed by atoms with Crippen LogP contribution in [0.2, 0.25) is 0 Å². The van der Waals surface area contributed by atoms with Crippen molar-refractivity contribution < 1.29 is 14.3 Å². The number of amides is 2. The third-order valence-corrected chi connectivity index (χ3v) is 12.6. The van der Waals surface area contributed by atoms with Gasteiger partial charge in [0.25, 0.3) is 0 Å². The summed E-state index contributed by atoms with van der Waals surface area (Å²) in [6.45, 7) is 4.87. The number of piperidine rings is 1. The monoisotopic (exact) mass is 723 g/mol. The van der Waals surface area contributed by atoms with Gasteiger partial charge in [-0.05, 0) is 104 Å². The van der Waals surface area contributed by atoms with E-state index >= 15 is 0 Å². The number of para-hydroxylation sites is 1. The van der Waals surface area contributed by atoms with Crippen molar-refractivity contribution in [3.05, 3.63) is 90.3 Å². The average Bonchev–Trinajstić information content (AvgIpc) is 3.98. The largest absolute Gasteiger partial charge is 0.457 e. The molecule has 5 aliphatic rings. The number of ether oxygens (including phenoxy) is 1. The summed E-state index contributed by atoms with van der Waals surface area (Å²) in [6, 6.07) is 25.8. The van der Waals surface area contributed by atoms with Crippen LogP contribution in [-0.2, 0) is 22.7 Å². The Balaban J connectivity index is 0.763. The Morgan fingerprint density at radius 1 is 0.815 bits per heavy atom. The number of anilines is 2. The van der Waals surface area contributed by atoms with Gasteiger partial charge in [-0.15, -0.1) is 0 Å². The van der Waals surface area contributed by atoms with Crippen molar-refractivity contribution in [2.45, 2.75) is 82.2 Å². The van der Waals surface area contributed by atoms with Crippen molar-refractivity contribution in [3.8, 4) is 22.8 Å². The molecule has 3 atom stereocenters. The average molecular weight is 724 g/mol. The molecule has 3 N–H and O–H groups in total. The molecule has 12 heteroatoms. The molecule has 4 aliphatic heterocycles. The molecule has 1 saturated carbocycles. The number of nitrogens with zero attached hydrogens (tertiary/aromatic N) is 7. The zero-order chi connectivity index (χ0) is 36.3. The highest BCUT2D eigenvalue weighted by Crippen LogP contribution is 2.41. The number of rotatable bonds is 8. The number of carbonyl (C=O) groups excluding carboxylic acids is 2. The van der Waals surface area contributed by atoms with E-state index in [1.165, 1.54) is 36.1 Å². The fourth-order valence-corrected chi connectivity index (χ4v) is 9.79. The van der Waals surface area contributed by atoms with Crippen LogP contribution in [0, 0.1) is 5.92 Å². The molecule has 2 amide bonds. The lowest BCUT2D eigenvalue weighted by atomic mass is 9.85. The highest BCUT2D eigenvalue weighted by atomic mass is 16.5. The summed E-state index contributed by atoms with van der Waals surface area (Å²) in [4.78, 5) is 40.8. The second-order valence-corrected chi connectivity index (χ2v) is 15.8. The first kappa shape index (κ1) is 33.3. The van der Waals surface area contributed by atoms with E-state index in [0.717, 1.165) is 79.4 Å². The molecular formula is C42H45N9O3. The van der Waals surface area contributed by atoms with Gasteiger partial charge in [-0.3, -0.25) is 24.7 Å². The van der Waals surface area contributed by atoms with Crippen LogP contribution in [-0.4, -0.2) is 79.1 Å². The summed E-state index contributed by atoms with van der Waals surface area (Å²) in [5.41, 5.74) is 12.9. The van der Waals surface area contributed by atoms with Gasteiger partial charge in [0.05, 0.1) is 17.5 Å². The number of nitrogen functional groups attached to an aromatic ring is 1. The Hall–Kier alpha value is -5.33. The molecule has 10 rings (SSSR count). The molecule has 0 radical (unpaired) electrons. The third-order valence-electron chi connectivity index (χ3n) is 12.6. The minimum absolute atomic E-state index is 0.152. The van der Waals surface area contributed by atoms with Gasteiger partial charge in [0.1, 0.15) is 29.3 Å². The number of likely N-dealkylation sites (tertiary alicyclic amines) is 1. The minimum atomic E-state index is -0.223. The number of hydrogen-bond acceptors (Lipinski definition) is 10. The molecule has 2 aromatic heterocycles. The molecular weight excluding hydrogens is 679 g/mol. The van der Waals surface area contributed by atoms with Gasteiger partial charge in [0.15, 0.2) is 5.65 Å². The molecule has 5 aromatic rings. The number of carbonyl (C=O) groups is 2. The van der Waals surface area contributed by atoms with E-state index in [1.807, 2.05) is 54.6 Å². The normalized spacial score (nSPS) is 25.7. The fraction of sp³-hybridized carbons (Fsp3) is 0.405. The maximum absolute atomic E-state index is 12.5. The Labute approximate surface area is 314 Å². The number of piperazine rings is 1. The summed E-state index contributed by atoms with van der Waals surface area (Å²) >= 11 is 0. The third kappa shape index (κ3) is 6.07. The summed E-state index contributed by atoms with van der Waals surface area (Å²) < 4.78 is 8.14. The van der Waals surface area contributed by atoms with E-state index in [9.17, 15) is 9.59 Å². The molecule has 54 heavy (non-hydrogen) atoms. The molecule has 4 fully saturated rings. The van der Waals surface area contributed by atoms with Crippen LogP contribution in [0.1, 0.15) is 62.1 Å². The van der Waals surface area contributed by atoms with Gasteiger partial charge >= 0.3 is 0 Å². The standard InChI is InChI=1S/C42H45N9O3/c43-40-38-39(27-9-14-35(15-10-27)54-34-4-2-1-3-5-34)47-51(41(38)45-25-44-40)30-11-6-26(7-12-30)20-48-23-33-19-32(48)24-50(33)31-13-8-28-21-49(22-29(28)18-31)36-16-17-37(52)46-42(36)53/h1-5,8-10,13-15,18,25-26,30,32-33,36H,6-7,11-12,16-17,19-24H2,(H2,43,44,45)(H,46,52,53)/t26?,30?,32-,33-,36?/m0/s1. The van der Waals surface area contributed by atoms with E-state index in [1.54, 1.807) is 6.33 Å². The van der Waals surface area contributed by atoms with Crippen molar-refractivity contribution >= 4 is 34.4 Å². The van der Waals surface area contributed by atoms with Gasteiger partial charge in [-0.1, -0.05) is 24.3 Å². The van der Waals surface area contributed by atoms with Gasteiger partial charge in [0, 0.05) is 62.5 Å². The van der Waals surface area contributed by atoms with Crippen LogP contribution < -0.4 is 20.7 Å². The molecule has 6 heterocycles. The lowest BCUT2D eigenvalue weighted by molar-refractivity contribution is -0.137. The Kier molecular flexibility index (Phi) is 8.32. The highest BCUT2D eigenvalue weighted by Gasteiger charge is 2.44. The minimum Gasteiger partial charge on any atom is -0.457 e. The summed E-state index contributed by atoms with van der Waals surface area (Å²) in [6.07, 6.45) is 8.25. The van der Waals surface area contributed by atoms with Crippen molar-refractivity contribution in [2.75, 3.05) is 30.3 Å². The number of benzene rings is 3. The molecule has 12 nitrogen and oxygen atoms in total. The summed E-state index contributed by atoms with van der Waals surface area (Å²) in [5.74, 6) is 2.37. The van der Waals surface area contributed by atoms with E-state index in [4.69, 9.17) is 15.6 Å². The quantitative estimate of drug-likeness (QED) is 0.193. The lowest BCUT2D eigenvalue weighted by Gasteiger charge is -2.38. The summed E-state index contributed by atoms with van der Waals surface area (Å²) in [5, 5.41) is 8.49. The number of nitrogens with two attached hydrogens (primary N) is 1. The topological polar surface area (TPSA) is 135 Å². The number of hydrogen-bond donors (Lipinski definition) is 2. The van der Waals surface area contributed by atoms with Crippen LogP contribution in [0.15, 0.2) is 79.1 Å². The fourth-order valence-electron chi connectivity index (χ4n) is 9.79. The smallest absolute Gasteiger partial charge is 0.243 e. The molecule has 3 saturated heterocycles. The number of fused-ring (bicyclic) bond motifs is 4. The van der Waals surface area contributed by atoms with Gasteiger partial charge in [-0.2, -0.15) is 5.10 Å². The molecule has 3 aromatic carbocycles. The van der Waals surface area contributed by atoms with Gasteiger partial charge in [-0.25, -0.2) is 14.6 Å². The Morgan fingerprint density at radius 2 is 1.61 bits per heavy atom. The maximum Gasteiger partial charge on any atom is 0.243 e. The molecule has 0 spiro atoms. The van der Waals surface area contributed by atoms with Crippen LogP contribution in [0.5, 0.6) is 11.5 Å².